The van der Waals surface area contributed by atoms with Gasteiger partial charge in [-0.2, -0.15) is 0 Å². The molecule has 5 rings (SSSR count). The lowest BCUT2D eigenvalue weighted by Gasteiger charge is -2.30. The molecular formula is C39H49ClN2O10S. The molecule has 0 radical (unpaired) electrons. The molecule has 0 spiro atoms. The van der Waals surface area contributed by atoms with E-state index in [1.54, 1.807) is 24.9 Å². The Labute approximate surface area is 319 Å². The second-order valence-corrected chi connectivity index (χ2v) is 15.0. The van der Waals surface area contributed by atoms with Gasteiger partial charge in [0.1, 0.15) is 24.1 Å². The molecule has 1 amide bonds. The number of carbonyl (C=O) groups excluding carboxylic acids is 2. The van der Waals surface area contributed by atoms with Crippen LogP contribution in [0, 0.1) is 0 Å². The molecule has 288 valence electrons. The van der Waals surface area contributed by atoms with Gasteiger partial charge in [-0.15, -0.1) is 11.8 Å². The van der Waals surface area contributed by atoms with Gasteiger partial charge in [0.25, 0.3) is 5.91 Å². The van der Waals surface area contributed by atoms with E-state index in [9.17, 15) is 30.0 Å². The molecule has 0 bridgehead atoms. The highest BCUT2D eigenvalue weighted by Crippen LogP contribution is 2.53. The summed E-state index contributed by atoms with van der Waals surface area (Å²) >= 11 is 8.19. The van der Waals surface area contributed by atoms with Gasteiger partial charge in [0.15, 0.2) is 6.10 Å². The minimum Gasteiger partial charge on any atom is -0.490 e. The van der Waals surface area contributed by atoms with Crippen molar-refractivity contribution in [1.29, 1.82) is 0 Å². The fraction of sp³-hybridized carbons (Fsp3) is 0.513. The number of aromatic nitrogens is 1. The average Bonchev–Trinajstić information content (AvgIpc) is 4.12. The molecule has 4 atom stereocenters. The Kier molecular flexibility index (Phi) is 14.9. The zero-order valence-electron chi connectivity index (χ0n) is 29.8. The summed E-state index contributed by atoms with van der Waals surface area (Å²) in [6, 6.07) is 15.8. The van der Waals surface area contributed by atoms with Gasteiger partial charge in [-0.1, -0.05) is 29.8 Å². The molecule has 1 aromatic heterocycles. The van der Waals surface area contributed by atoms with Gasteiger partial charge in [0.2, 0.25) is 0 Å². The number of nitrogens with zero attached hydrogens (tertiary/aromatic N) is 2. The number of aliphatic hydroxyl groups excluding tert-OH is 5. The van der Waals surface area contributed by atoms with Crippen LogP contribution < -0.4 is 4.74 Å². The molecule has 12 nitrogen and oxygen atoms in total. The first-order valence-corrected chi connectivity index (χ1v) is 19.5. The molecule has 2 fully saturated rings. The molecule has 5 N–H and O–H groups in total. The standard InChI is InChI=1S/C39H49ClN2O10S/c1-2-50-34(45)9-5-18-42(38(49)37(48)36(47)35(46)32(44)23-43)19-6-20-53-27-12-13-31(40)25(21-27)24-51-39(15-16-39)30-22-41-17-14-28(30)29-7-3-4-8-33(29)52-26-10-11-26/h3-4,7-8,12-14,17,21-22,26,32,35-37,43-44,46-48H,2,5-6,9-11,15-16,18-20,23-24H2,1H3/t32-,35+,36-,37-/m0/s1. The molecule has 2 saturated carbocycles. The molecule has 3 aromatic rings. The smallest absolute Gasteiger partial charge is 0.305 e. The van der Waals surface area contributed by atoms with Crippen molar-refractivity contribution in [2.45, 2.75) is 99.5 Å². The summed E-state index contributed by atoms with van der Waals surface area (Å²) in [5.41, 5.74) is 3.43. The lowest BCUT2D eigenvalue weighted by atomic mass is 9.96. The van der Waals surface area contributed by atoms with Crippen molar-refractivity contribution in [1.82, 2.24) is 9.88 Å². The third-order valence-electron chi connectivity index (χ3n) is 9.31. The molecule has 14 heteroatoms. The maximum atomic E-state index is 13.2. The molecule has 2 aliphatic carbocycles. The van der Waals surface area contributed by atoms with Crippen LogP contribution in [0.5, 0.6) is 5.75 Å². The summed E-state index contributed by atoms with van der Waals surface area (Å²) in [4.78, 5) is 31.7. The Morgan fingerprint density at radius 3 is 2.49 bits per heavy atom. The van der Waals surface area contributed by atoms with Gasteiger partial charge in [0, 0.05) is 52.9 Å². The Balaban J connectivity index is 1.19. The third kappa shape index (κ3) is 11.1. The molecule has 1 heterocycles. The number of ether oxygens (including phenoxy) is 3. The van der Waals surface area contributed by atoms with Crippen molar-refractivity contribution in [2.24, 2.45) is 0 Å². The lowest BCUT2D eigenvalue weighted by molar-refractivity contribution is -0.158. The number of thioether (sulfide) groups is 1. The number of carbonyl (C=O) groups is 2. The number of rotatable bonds is 22. The zero-order valence-corrected chi connectivity index (χ0v) is 31.4. The summed E-state index contributed by atoms with van der Waals surface area (Å²) < 4.78 is 17.8. The Bertz CT molecular complexity index is 1670. The van der Waals surface area contributed by atoms with Crippen molar-refractivity contribution in [2.75, 3.05) is 32.1 Å². The van der Waals surface area contributed by atoms with Gasteiger partial charge < -0.3 is 44.6 Å². The summed E-state index contributed by atoms with van der Waals surface area (Å²) in [6.07, 6.45) is 0.823. The summed E-state index contributed by atoms with van der Waals surface area (Å²) in [7, 11) is 0. The van der Waals surface area contributed by atoms with Crippen molar-refractivity contribution < 1.29 is 49.3 Å². The van der Waals surface area contributed by atoms with E-state index in [0.717, 1.165) is 58.6 Å². The van der Waals surface area contributed by atoms with Crippen molar-refractivity contribution in [3.05, 3.63) is 77.1 Å². The molecule has 0 unspecified atom stereocenters. The Morgan fingerprint density at radius 2 is 1.77 bits per heavy atom. The number of esters is 1. The van der Waals surface area contributed by atoms with Gasteiger partial charge in [-0.05, 0) is 92.7 Å². The molecular weight excluding hydrogens is 724 g/mol. The number of hydrogen-bond donors (Lipinski definition) is 5. The van der Waals surface area contributed by atoms with E-state index < -0.39 is 48.5 Å². The number of amides is 1. The maximum Gasteiger partial charge on any atom is 0.305 e. The third-order valence-corrected chi connectivity index (χ3v) is 10.8. The molecule has 0 aliphatic heterocycles. The highest BCUT2D eigenvalue weighted by molar-refractivity contribution is 7.99. The van der Waals surface area contributed by atoms with E-state index in [1.807, 2.05) is 48.7 Å². The van der Waals surface area contributed by atoms with Gasteiger partial charge in [-0.25, -0.2) is 0 Å². The fourth-order valence-electron chi connectivity index (χ4n) is 6.00. The van der Waals surface area contributed by atoms with Crippen molar-refractivity contribution >= 4 is 35.2 Å². The number of para-hydroxylation sites is 1. The van der Waals surface area contributed by atoms with Crippen LogP contribution in [0.2, 0.25) is 5.02 Å². The average molecular weight is 773 g/mol. The van der Waals surface area contributed by atoms with E-state index in [1.165, 1.54) is 4.90 Å². The van der Waals surface area contributed by atoms with Gasteiger partial charge in [-0.3, -0.25) is 14.6 Å². The maximum absolute atomic E-state index is 13.2. The largest absolute Gasteiger partial charge is 0.490 e. The van der Waals surface area contributed by atoms with E-state index in [0.29, 0.717) is 23.8 Å². The van der Waals surface area contributed by atoms with Crippen LogP contribution in [-0.4, -0.2) is 110 Å². The monoisotopic (exact) mass is 772 g/mol. The first kappa shape index (κ1) is 40.9. The van der Waals surface area contributed by atoms with Crippen molar-refractivity contribution in [3.63, 3.8) is 0 Å². The lowest BCUT2D eigenvalue weighted by Crippen LogP contribution is -2.53. The van der Waals surface area contributed by atoms with E-state index in [2.05, 4.69) is 11.1 Å². The minimum absolute atomic E-state index is 0.0536. The first-order chi connectivity index (χ1) is 25.6. The quantitative estimate of drug-likeness (QED) is 0.0559. The summed E-state index contributed by atoms with van der Waals surface area (Å²) in [5, 5.41) is 50.2. The molecule has 2 aliphatic rings. The topological polar surface area (TPSA) is 179 Å². The minimum atomic E-state index is -2.05. The van der Waals surface area contributed by atoms with Crippen molar-refractivity contribution in [3.8, 4) is 16.9 Å². The van der Waals surface area contributed by atoms with E-state index in [-0.39, 0.29) is 38.6 Å². The van der Waals surface area contributed by atoms with Crippen LogP contribution >= 0.6 is 23.4 Å². The predicted molar refractivity (Wildman–Crippen MR) is 199 cm³/mol. The fourth-order valence-corrected chi connectivity index (χ4v) is 7.07. The number of hydrogen-bond acceptors (Lipinski definition) is 12. The van der Waals surface area contributed by atoms with Crippen LogP contribution in [0.3, 0.4) is 0 Å². The van der Waals surface area contributed by atoms with Crippen LogP contribution in [0.1, 0.15) is 63.0 Å². The highest BCUT2D eigenvalue weighted by atomic mass is 35.5. The number of benzene rings is 2. The number of aliphatic hydroxyl groups is 5. The second-order valence-electron chi connectivity index (χ2n) is 13.4. The Hall–Kier alpha value is -3.27. The molecule has 53 heavy (non-hydrogen) atoms. The molecule has 0 saturated heterocycles. The predicted octanol–water partition coefficient (Wildman–Crippen LogP) is 4.24. The van der Waals surface area contributed by atoms with Crippen LogP contribution in [0.4, 0.5) is 0 Å². The first-order valence-electron chi connectivity index (χ1n) is 18.1. The van der Waals surface area contributed by atoms with E-state index >= 15 is 0 Å². The van der Waals surface area contributed by atoms with Gasteiger partial charge in [0.05, 0.1) is 31.5 Å². The second kappa shape index (κ2) is 19.4. The normalized spacial score (nSPS) is 17.0. The van der Waals surface area contributed by atoms with Crippen LogP contribution in [-0.2, 0) is 31.3 Å². The SMILES string of the molecule is CCOC(=O)CCCN(CCCSc1ccc(Cl)c(COC2(c3cnccc3-c3ccccc3OC3CC3)CC2)c1)C(=O)[C@@H](O)[C@@H](O)[C@H](O)[C@@H](O)CO. The number of halogens is 1. The van der Waals surface area contributed by atoms with Gasteiger partial charge >= 0.3 is 5.97 Å². The summed E-state index contributed by atoms with van der Waals surface area (Å²) in [6.45, 7) is 1.63. The highest BCUT2D eigenvalue weighted by Gasteiger charge is 2.48. The summed E-state index contributed by atoms with van der Waals surface area (Å²) in [5.74, 6) is 0.156. The molecule has 2 aromatic carbocycles. The Morgan fingerprint density at radius 1 is 1.02 bits per heavy atom. The van der Waals surface area contributed by atoms with Crippen LogP contribution in [0.25, 0.3) is 11.1 Å². The zero-order chi connectivity index (χ0) is 38.0. The number of pyridine rings is 1. The van der Waals surface area contributed by atoms with Crippen LogP contribution in [0.15, 0.2) is 65.8 Å². The van der Waals surface area contributed by atoms with E-state index in [4.69, 9.17) is 30.9 Å².